The van der Waals surface area contributed by atoms with E-state index in [0.29, 0.717) is 13.0 Å². The quantitative estimate of drug-likeness (QED) is 0.861. The van der Waals surface area contributed by atoms with Gasteiger partial charge in [-0.1, -0.05) is 0 Å². The Morgan fingerprint density at radius 1 is 1.56 bits per heavy atom. The van der Waals surface area contributed by atoms with Crippen molar-refractivity contribution in [3.63, 3.8) is 0 Å². The normalized spacial score (nSPS) is 11.5. The minimum Gasteiger partial charge on any atom is -0.348 e. The minimum absolute atomic E-state index is 0.0319. The van der Waals surface area contributed by atoms with Gasteiger partial charge < -0.3 is 5.32 Å². The third-order valence-electron chi connectivity index (χ3n) is 1.71. The van der Waals surface area contributed by atoms with Crippen molar-refractivity contribution < 1.29 is 18.0 Å². The Bertz CT molecular complexity index is 364. The van der Waals surface area contributed by atoms with Gasteiger partial charge in [-0.15, -0.1) is 0 Å². The molecule has 0 aliphatic heterocycles. The molecule has 0 spiro atoms. The predicted molar refractivity (Wildman–Crippen MR) is 53.6 cm³/mol. The first-order valence-corrected chi connectivity index (χ1v) is 5.22. The standard InChI is InChI=1S/C8H9BrF3N3O/c9-6-4-14-15(5-6)3-1-2-13-7(16)8(10,11)12/h4-5H,1-3H2,(H,13,16). The average molecular weight is 300 g/mol. The number of rotatable bonds is 4. The van der Waals surface area contributed by atoms with Crippen LogP contribution in [0.5, 0.6) is 0 Å². The van der Waals surface area contributed by atoms with Crippen LogP contribution in [0.2, 0.25) is 0 Å². The highest BCUT2D eigenvalue weighted by molar-refractivity contribution is 9.10. The van der Waals surface area contributed by atoms with E-state index in [1.165, 1.54) is 0 Å². The molecule has 0 aromatic carbocycles. The number of nitrogens with zero attached hydrogens (tertiary/aromatic N) is 2. The zero-order chi connectivity index (χ0) is 12.2. The number of halogens is 4. The van der Waals surface area contributed by atoms with Gasteiger partial charge in [-0.3, -0.25) is 9.48 Å². The fourth-order valence-electron chi connectivity index (χ4n) is 1.00. The second-order valence-electron chi connectivity index (χ2n) is 3.03. The number of carbonyl (C=O) groups is 1. The van der Waals surface area contributed by atoms with E-state index in [1.807, 2.05) is 0 Å². The zero-order valence-corrected chi connectivity index (χ0v) is 9.68. The van der Waals surface area contributed by atoms with Gasteiger partial charge in [0.2, 0.25) is 0 Å². The molecule has 90 valence electrons. The van der Waals surface area contributed by atoms with Crippen LogP contribution in [-0.4, -0.2) is 28.4 Å². The van der Waals surface area contributed by atoms with Crippen molar-refractivity contribution in [3.8, 4) is 0 Å². The third-order valence-corrected chi connectivity index (χ3v) is 2.12. The van der Waals surface area contributed by atoms with E-state index in [0.717, 1.165) is 4.47 Å². The first-order valence-electron chi connectivity index (χ1n) is 4.42. The number of carbonyl (C=O) groups excluding carboxylic acids is 1. The Morgan fingerprint density at radius 3 is 2.75 bits per heavy atom. The zero-order valence-electron chi connectivity index (χ0n) is 8.09. The summed E-state index contributed by atoms with van der Waals surface area (Å²) in [5.74, 6) is -1.91. The molecule has 0 saturated heterocycles. The van der Waals surface area contributed by atoms with Crippen molar-refractivity contribution >= 4 is 21.8 Å². The van der Waals surface area contributed by atoms with Gasteiger partial charge in [-0.2, -0.15) is 18.3 Å². The first kappa shape index (κ1) is 13.0. The Labute approximate surface area is 97.9 Å². The number of hydrogen-bond donors (Lipinski definition) is 1. The van der Waals surface area contributed by atoms with E-state index < -0.39 is 12.1 Å². The van der Waals surface area contributed by atoms with Crippen LogP contribution in [0.25, 0.3) is 0 Å². The minimum atomic E-state index is -4.81. The van der Waals surface area contributed by atoms with Gasteiger partial charge in [-0.05, 0) is 22.4 Å². The Morgan fingerprint density at radius 2 is 2.25 bits per heavy atom. The summed E-state index contributed by atoms with van der Waals surface area (Å²) >= 11 is 3.19. The van der Waals surface area contributed by atoms with Crippen LogP contribution in [0.15, 0.2) is 16.9 Å². The maximum atomic E-state index is 11.8. The molecule has 0 bridgehead atoms. The molecule has 1 aromatic rings. The molecule has 1 rings (SSSR count). The molecule has 4 nitrogen and oxygen atoms in total. The maximum Gasteiger partial charge on any atom is 0.471 e. The van der Waals surface area contributed by atoms with Crippen molar-refractivity contribution in [2.24, 2.45) is 0 Å². The summed E-state index contributed by atoms with van der Waals surface area (Å²) in [7, 11) is 0. The number of alkyl halides is 3. The van der Waals surface area contributed by atoms with Gasteiger partial charge in [-0.25, -0.2) is 0 Å². The molecule has 0 saturated carbocycles. The lowest BCUT2D eigenvalue weighted by Gasteiger charge is -2.07. The van der Waals surface area contributed by atoms with Crippen LogP contribution in [-0.2, 0) is 11.3 Å². The van der Waals surface area contributed by atoms with Crippen molar-refractivity contribution in [1.82, 2.24) is 15.1 Å². The molecule has 0 aliphatic carbocycles. The van der Waals surface area contributed by atoms with Crippen molar-refractivity contribution in [3.05, 3.63) is 16.9 Å². The highest BCUT2D eigenvalue weighted by Crippen LogP contribution is 2.13. The Hall–Kier alpha value is -1.05. The maximum absolute atomic E-state index is 11.8. The summed E-state index contributed by atoms with van der Waals surface area (Å²) < 4.78 is 37.7. The molecule has 0 fully saturated rings. The number of aromatic nitrogens is 2. The van der Waals surface area contributed by atoms with Crippen LogP contribution in [0.4, 0.5) is 13.2 Å². The van der Waals surface area contributed by atoms with Crippen LogP contribution in [0.3, 0.4) is 0 Å². The lowest BCUT2D eigenvalue weighted by atomic mass is 10.4. The molecule has 1 aromatic heterocycles. The summed E-state index contributed by atoms with van der Waals surface area (Å²) in [4.78, 5) is 10.4. The summed E-state index contributed by atoms with van der Waals surface area (Å²) in [5, 5.41) is 5.70. The van der Waals surface area contributed by atoms with E-state index in [9.17, 15) is 18.0 Å². The molecule has 1 N–H and O–H groups in total. The number of amides is 1. The van der Waals surface area contributed by atoms with Gasteiger partial charge in [0.15, 0.2) is 0 Å². The second kappa shape index (κ2) is 5.33. The summed E-state index contributed by atoms with van der Waals surface area (Å²) in [6.45, 7) is 0.416. The number of nitrogens with one attached hydrogen (secondary N) is 1. The van der Waals surface area contributed by atoms with E-state index in [4.69, 9.17) is 0 Å². The van der Waals surface area contributed by atoms with E-state index in [2.05, 4.69) is 21.0 Å². The monoisotopic (exact) mass is 299 g/mol. The Kier molecular flexibility index (Phi) is 4.34. The van der Waals surface area contributed by atoms with Crippen molar-refractivity contribution in [1.29, 1.82) is 0 Å². The molecule has 0 unspecified atom stereocenters. The van der Waals surface area contributed by atoms with E-state index in [1.54, 1.807) is 22.4 Å². The molecular weight excluding hydrogens is 291 g/mol. The first-order chi connectivity index (χ1) is 7.39. The van der Waals surface area contributed by atoms with Crippen LogP contribution >= 0.6 is 15.9 Å². The predicted octanol–water partition coefficient (Wildman–Crippen LogP) is 1.71. The smallest absolute Gasteiger partial charge is 0.348 e. The van der Waals surface area contributed by atoms with Gasteiger partial charge >= 0.3 is 12.1 Å². The molecule has 8 heteroatoms. The molecule has 1 amide bonds. The largest absolute Gasteiger partial charge is 0.471 e. The lowest BCUT2D eigenvalue weighted by molar-refractivity contribution is -0.173. The molecule has 0 aliphatic rings. The molecular formula is C8H9BrF3N3O. The van der Waals surface area contributed by atoms with Gasteiger partial charge in [0.05, 0.1) is 10.7 Å². The van der Waals surface area contributed by atoms with Gasteiger partial charge in [0.25, 0.3) is 0 Å². The van der Waals surface area contributed by atoms with E-state index >= 15 is 0 Å². The van der Waals surface area contributed by atoms with Crippen LogP contribution in [0, 0.1) is 0 Å². The molecule has 0 radical (unpaired) electrons. The Balaban J connectivity index is 2.20. The SMILES string of the molecule is O=C(NCCCn1cc(Br)cn1)C(F)(F)F. The second-order valence-corrected chi connectivity index (χ2v) is 3.94. The third kappa shape index (κ3) is 4.21. The summed E-state index contributed by atoms with van der Waals surface area (Å²) in [6, 6.07) is 0. The van der Waals surface area contributed by atoms with Gasteiger partial charge in [0.1, 0.15) is 0 Å². The topological polar surface area (TPSA) is 46.9 Å². The highest BCUT2D eigenvalue weighted by atomic mass is 79.9. The average Bonchev–Trinajstić information content (AvgIpc) is 2.57. The summed E-state index contributed by atoms with van der Waals surface area (Å²) in [6.07, 6.45) is -1.15. The lowest BCUT2D eigenvalue weighted by Crippen LogP contribution is -2.37. The van der Waals surface area contributed by atoms with Crippen LogP contribution in [0.1, 0.15) is 6.42 Å². The number of aryl methyl sites for hydroxylation is 1. The fraction of sp³-hybridized carbons (Fsp3) is 0.500. The number of hydrogen-bond acceptors (Lipinski definition) is 2. The molecule has 0 atom stereocenters. The molecule has 16 heavy (non-hydrogen) atoms. The van der Waals surface area contributed by atoms with Crippen LogP contribution < -0.4 is 5.32 Å². The molecule has 1 heterocycles. The highest BCUT2D eigenvalue weighted by Gasteiger charge is 2.38. The van der Waals surface area contributed by atoms with Crippen molar-refractivity contribution in [2.75, 3.05) is 6.54 Å². The van der Waals surface area contributed by atoms with Crippen molar-refractivity contribution in [2.45, 2.75) is 19.1 Å². The van der Waals surface area contributed by atoms with E-state index in [-0.39, 0.29) is 6.54 Å². The van der Waals surface area contributed by atoms with Gasteiger partial charge in [0, 0.05) is 19.3 Å². The summed E-state index contributed by atoms with van der Waals surface area (Å²) in [5.41, 5.74) is 0. The fourth-order valence-corrected chi connectivity index (χ4v) is 1.33.